The van der Waals surface area contributed by atoms with Crippen LogP contribution in [0, 0.1) is 19.8 Å². The molecule has 2 saturated heterocycles. The fourth-order valence-electron chi connectivity index (χ4n) is 4.11. The summed E-state index contributed by atoms with van der Waals surface area (Å²) in [5, 5.41) is 0. The number of sulfonamides is 1. The van der Waals surface area contributed by atoms with Crippen molar-refractivity contribution >= 4 is 15.9 Å². The average Bonchev–Trinajstić information content (AvgIpc) is 2.67. The summed E-state index contributed by atoms with van der Waals surface area (Å²) in [6.45, 7) is 11.2. The Labute approximate surface area is 163 Å². The van der Waals surface area contributed by atoms with Gasteiger partial charge in [0.15, 0.2) is 0 Å². The maximum absolute atomic E-state index is 13.0. The lowest BCUT2D eigenvalue weighted by Crippen LogP contribution is -2.51. The lowest BCUT2D eigenvalue weighted by atomic mass is 9.96. The van der Waals surface area contributed by atoms with Crippen LogP contribution in [0.3, 0.4) is 0 Å². The smallest absolute Gasteiger partial charge is 0.243 e. The maximum Gasteiger partial charge on any atom is 0.243 e. The number of likely N-dealkylation sites (N-methyl/N-ethyl adjacent to an activating group) is 1. The summed E-state index contributed by atoms with van der Waals surface area (Å²) >= 11 is 0. The van der Waals surface area contributed by atoms with Crippen molar-refractivity contribution in [3.63, 3.8) is 0 Å². The summed E-state index contributed by atoms with van der Waals surface area (Å²) in [5.74, 6) is 0.151. The second kappa shape index (κ2) is 8.29. The molecule has 0 aliphatic carbocycles. The molecule has 1 amide bonds. The van der Waals surface area contributed by atoms with Crippen LogP contribution in [0.15, 0.2) is 23.1 Å². The fourth-order valence-corrected chi connectivity index (χ4v) is 5.79. The van der Waals surface area contributed by atoms with Gasteiger partial charge < -0.3 is 9.80 Å². The highest BCUT2D eigenvalue weighted by Gasteiger charge is 2.35. The van der Waals surface area contributed by atoms with Crippen LogP contribution in [-0.4, -0.2) is 74.2 Å². The number of rotatable bonds is 4. The van der Waals surface area contributed by atoms with E-state index in [1.54, 1.807) is 10.4 Å². The summed E-state index contributed by atoms with van der Waals surface area (Å²) in [7, 11) is -3.49. The number of nitrogens with zero attached hydrogens (tertiary/aromatic N) is 3. The highest BCUT2D eigenvalue weighted by molar-refractivity contribution is 7.89. The molecule has 27 heavy (non-hydrogen) atoms. The van der Waals surface area contributed by atoms with Crippen LogP contribution in [0.2, 0.25) is 0 Å². The van der Waals surface area contributed by atoms with Gasteiger partial charge >= 0.3 is 0 Å². The third-order valence-electron chi connectivity index (χ3n) is 5.88. The zero-order valence-electron chi connectivity index (χ0n) is 16.6. The van der Waals surface area contributed by atoms with E-state index < -0.39 is 10.0 Å². The van der Waals surface area contributed by atoms with Crippen molar-refractivity contribution < 1.29 is 13.2 Å². The highest BCUT2D eigenvalue weighted by Crippen LogP contribution is 2.27. The van der Waals surface area contributed by atoms with Crippen molar-refractivity contribution in [1.82, 2.24) is 14.1 Å². The zero-order chi connectivity index (χ0) is 19.6. The first-order chi connectivity index (χ1) is 12.8. The first kappa shape index (κ1) is 20.3. The van der Waals surface area contributed by atoms with Gasteiger partial charge in [-0.05, 0) is 44.9 Å². The number of benzene rings is 1. The van der Waals surface area contributed by atoms with Gasteiger partial charge in [0.25, 0.3) is 0 Å². The van der Waals surface area contributed by atoms with Gasteiger partial charge in [0, 0.05) is 45.2 Å². The van der Waals surface area contributed by atoms with Gasteiger partial charge in [-0.1, -0.05) is 24.6 Å². The van der Waals surface area contributed by atoms with Crippen molar-refractivity contribution in [2.45, 2.75) is 38.5 Å². The summed E-state index contributed by atoms with van der Waals surface area (Å²) in [6.07, 6.45) is 1.22. The molecular formula is C20H31N3O3S. The Morgan fingerprint density at radius 2 is 1.67 bits per heavy atom. The van der Waals surface area contributed by atoms with Crippen LogP contribution in [-0.2, 0) is 14.8 Å². The molecule has 1 aromatic rings. The summed E-state index contributed by atoms with van der Waals surface area (Å²) < 4.78 is 27.5. The minimum absolute atomic E-state index is 0.0521. The standard InChI is InChI=1S/C20H31N3O3S/c1-4-21-11-13-22(14-12-21)20(24)18-7-9-23(10-8-18)27(25,26)19-6-5-16(2)15-17(19)3/h5-6,15,18H,4,7-14H2,1-3H3. The molecule has 150 valence electrons. The topological polar surface area (TPSA) is 60.9 Å². The average molecular weight is 394 g/mol. The predicted molar refractivity (Wildman–Crippen MR) is 106 cm³/mol. The molecule has 0 bridgehead atoms. The SMILES string of the molecule is CCN1CCN(C(=O)C2CCN(S(=O)(=O)c3ccc(C)cc3C)CC2)CC1. The number of hydrogen-bond donors (Lipinski definition) is 0. The molecule has 0 unspecified atom stereocenters. The van der Waals surface area contributed by atoms with Crippen LogP contribution < -0.4 is 0 Å². The predicted octanol–water partition coefficient (Wildman–Crippen LogP) is 1.87. The van der Waals surface area contributed by atoms with Gasteiger partial charge in [0.2, 0.25) is 15.9 Å². The minimum atomic E-state index is -3.49. The number of carbonyl (C=O) groups is 1. The summed E-state index contributed by atoms with van der Waals surface area (Å²) in [6, 6.07) is 5.44. The number of amides is 1. The Hall–Kier alpha value is -1.44. The lowest BCUT2D eigenvalue weighted by Gasteiger charge is -2.38. The van der Waals surface area contributed by atoms with E-state index in [9.17, 15) is 13.2 Å². The fraction of sp³-hybridized carbons (Fsp3) is 0.650. The third kappa shape index (κ3) is 4.36. The summed E-state index contributed by atoms with van der Waals surface area (Å²) in [5.41, 5.74) is 1.83. The van der Waals surface area contributed by atoms with E-state index in [2.05, 4.69) is 11.8 Å². The Morgan fingerprint density at radius 1 is 1.04 bits per heavy atom. The number of hydrogen-bond acceptors (Lipinski definition) is 4. The molecule has 2 aliphatic rings. The largest absolute Gasteiger partial charge is 0.340 e. The molecular weight excluding hydrogens is 362 g/mol. The van der Waals surface area contributed by atoms with Gasteiger partial charge in [-0.25, -0.2) is 8.42 Å². The van der Waals surface area contributed by atoms with E-state index in [4.69, 9.17) is 0 Å². The van der Waals surface area contributed by atoms with E-state index in [1.807, 2.05) is 30.9 Å². The molecule has 0 spiro atoms. The summed E-state index contributed by atoms with van der Waals surface area (Å²) in [4.78, 5) is 17.5. The molecule has 2 fully saturated rings. The Bertz CT molecular complexity index is 778. The highest BCUT2D eigenvalue weighted by atomic mass is 32.2. The van der Waals surface area contributed by atoms with Crippen LogP contribution in [0.4, 0.5) is 0 Å². The Morgan fingerprint density at radius 3 is 2.22 bits per heavy atom. The molecule has 7 heteroatoms. The first-order valence-electron chi connectivity index (χ1n) is 9.91. The van der Waals surface area contributed by atoms with Gasteiger partial charge in [-0.3, -0.25) is 4.79 Å². The van der Waals surface area contributed by atoms with Crippen LogP contribution in [0.1, 0.15) is 30.9 Å². The quantitative estimate of drug-likeness (QED) is 0.784. The molecule has 1 aromatic carbocycles. The van der Waals surface area contributed by atoms with Crippen LogP contribution in [0.5, 0.6) is 0 Å². The van der Waals surface area contributed by atoms with Gasteiger partial charge in [0.05, 0.1) is 4.90 Å². The first-order valence-corrected chi connectivity index (χ1v) is 11.4. The molecule has 2 heterocycles. The normalized spacial score (nSPS) is 20.8. The van der Waals surface area contributed by atoms with E-state index >= 15 is 0 Å². The van der Waals surface area contributed by atoms with Crippen molar-refractivity contribution in [3.05, 3.63) is 29.3 Å². The van der Waals surface area contributed by atoms with Gasteiger partial charge in [-0.2, -0.15) is 4.31 Å². The molecule has 0 atom stereocenters. The Balaban J connectivity index is 1.60. The van der Waals surface area contributed by atoms with Crippen molar-refractivity contribution in [3.8, 4) is 0 Å². The third-order valence-corrected chi connectivity index (χ3v) is 7.94. The molecule has 0 N–H and O–H groups in total. The van der Waals surface area contributed by atoms with Gasteiger partial charge in [-0.15, -0.1) is 0 Å². The molecule has 3 rings (SSSR count). The molecule has 0 aromatic heterocycles. The van der Waals surface area contributed by atoms with E-state index in [0.717, 1.165) is 43.9 Å². The molecule has 2 aliphatic heterocycles. The number of piperidine rings is 1. The zero-order valence-corrected chi connectivity index (χ0v) is 17.5. The van der Waals surface area contributed by atoms with E-state index in [0.29, 0.717) is 30.8 Å². The number of piperazine rings is 1. The second-order valence-electron chi connectivity index (χ2n) is 7.71. The maximum atomic E-state index is 13.0. The van der Waals surface area contributed by atoms with Crippen molar-refractivity contribution in [1.29, 1.82) is 0 Å². The number of aryl methyl sites for hydroxylation is 2. The van der Waals surface area contributed by atoms with Crippen LogP contribution >= 0.6 is 0 Å². The van der Waals surface area contributed by atoms with Gasteiger partial charge in [0.1, 0.15) is 0 Å². The number of carbonyl (C=O) groups excluding carboxylic acids is 1. The molecule has 0 radical (unpaired) electrons. The minimum Gasteiger partial charge on any atom is -0.340 e. The molecule has 0 saturated carbocycles. The van der Waals surface area contributed by atoms with Crippen molar-refractivity contribution in [2.75, 3.05) is 45.8 Å². The lowest BCUT2D eigenvalue weighted by molar-refractivity contribution is -0.138. The monoisotopic (exact) mass is 393 g/mol. The van der Waals surface area contributed by atoms with E-state index in [-0.39, 0.29) is 11.8 Å². The van der Waals surface area contributed by atoms with E-state index in [1.165, 1.54) is 0 Å². The molecule has 6 nitrogen and oxygen atoms in total. The second-order valence-corrected chi connectivity index (χ2v) is 9.61. The Kier molecular flexibility index (Phi) is 6.23. The van der Waals surface area contributed by atoms with Crippen LogP contribution in [0.25, 0.3) is 0 Å². The van der Waals surface area contributed by atoms with Crippen molar-refractivity contribution in [2.24, 2.45) is 5.92 Å².